The first-order chi connectivity index (χ1) is 12.6. The number of hydrogen-bond donors (Lipinski definition) is 0. The van der Waals surface area contributed by atoms with Gasteiger partial charge in [0.15, 0.2) is 0 Å². The van der Waals surface area contributed by atoms with E-state index in [4.69, 9.17) is 19.6 Å². The molecule has 0 aromatic carbocycles. The van der Waals surface area contributed by atoms with E-state index in [1.54, 1.807) is 6.92 Å². The molecule has 0 unspecified atom stereocenters. The number of sulfonamides is 1. The van der Waals surface area contributed by atoms with E-state index in [1.807, 2.05) is 0 Å². The second kappa shape index (κ2) is 11.6. The fourth-order valence-corrected chi connectivity index (χ4v) is 4.43. The predicted octanol–water partition coefficient (Wildman–Crippen LogP) is 3.55. The average Bonchev–Trinajstić information content (AvgIpc) is 2.64. The summed E-state index contributed by atoms with van der Waals surface area (Å²) < 4.78 is 25.6. The highest BCUT2D eigenvalue weighted by molar-refractivity contribution is 7.89. The zero-order chi connectivity index (χ0) is 18.7. The lowest BCUT2D eigenvalue weighted by molar-refractivity contribution is -0.517. The molecule has 0 amide bonds. The van der Waals surface area contributed by atoms with Crippen molar-refractivity contribution >= 4 is 10.0 Å². The van der Waals surface area contributed by atoms with Crippen LogP contribution in [0, 0.1) is 0 Å². The summed E-state index contributed by atoms with van der Waals surface area (Å²) in [5.74, 6) is -0.911. The Hall–Kier alpha value is -0.250. The normalized spacial score (nSPS) is 25.9. The van der Waals surface area contributed by atoms with E-state index in [0.717, 1.165) is 25.7 Å². The molecule has 0 bridgehead atoms. The van der Waals surface area contributed by atoms with E-state index >= 15 is 0 Å². The van der Waals surface area contributed by atoms with Crippen molar-refractivity contribution in [3.05, 3.63) is 0 Å². The van der Waals surface area contributed by atoms with Crippen molar-refractivity contribution in [2.75, 3.05) is 32.1 Å². The maximum absolute atomic E-state index is 12.0. The van der Waals surface area contributed by atoms with Crippen LogP contribution in [-0.4, -0.2) is 50.6 Å². The number of nitrogens with zero attached hydrogens (tertiary/aromatic N) is 1. The van der Waals surface area contributed by atoms with Crippen LogP contribution >= 0.6 is 0 Å². The smallest absolute Gasteiger partial charge is 0.234 e. The first-order valence-electron chi connectivity index (χ1n) is 10.2. The lowest BCUT2D eigenvalue weighted by Crippen LogP contribution is -2.50. The Kier molecular flexibility index (Phi) is 9.80. The molecule has 0 aliphatic carbocycles. The molecule has 0 atom stereocenters. The van der Waals surface area contributed by atoms with E-state index in [9.17, 15) is 8.42 Å². The van der Waals surface area contributed by atoms with Gasteiger partial charge >= 0.3 is 0 Å². The molecule has 0 N–H and O–H groups in total. The van der Waals surface area contributed by atoms with Crippen molar-refractivity contribution in [3.8, 4) is 0 Å². The average molecular weight is 394 g/mol. The van der Waals surface area contributed by atoms with Crippen LogP contribution in [0.4, 0.5) is 0 Å². The topological polar surface area (TPSA) is 74.3 Å². The predicted molar refractivity (Wildman–Crippen MR) is 98.6 cm³/mol. The lowest BCUT2D eigenvalue weighted by Gasteiger charge is -2.38. The monoisotopic (exact) mass is 393 g/mol. The SMILES string of the molecule is CCS(=O)(=O)N1CCC2(CC1)OOCCCCCCCCCCCOO2. The van der Waals surface area contributed by atoms with Crippen molar-refractivity contribution in [2.24, 2.45) is 0 Å². The van der Waals surface area contributed by atoms with Gasteiger partial charge in [-0.1, -0.05) is 44.9 Å². The van der Waals surface area contributed by atoms with Gasteiger partial charge in [0.05, 0.1) is 19.0 Å². The van der Waals surface area contributed by atoms with Gasteiger partial charge in [-0.25, -0.2) is 22.5 Å². The van der Waals surface area contributed by atoms with Crippen LogP contribution in [0.15, 0.2) is 0 Å². The van der Waals surface area contributed by atoms with Crippen molar-refractivity contribution in [3.63, 3.8) is 0 Å². The third-order valence-electron chi connectivity index (χ3n) is 5.12. The Bertz CT molecular complexity index is 458. The summed E-state index contributed by atoms with van der Waals surface area (Å²) in [5, 5.41) is 0. The number of piperidine rings is 1. The van der Waals surface area contributed by atoms with Crippen LogP contribution in [0.3, 0.4) is 0 Å². The molecule has 154 valence electrons. The number of hydrogen-bond acceptors (Lipinski definition) is 6. The van der Waals surface area contributed by atoms with Crippen molar-refractivity contribution in [2.45, 2.75) is 83.3 Å². The number of rotatable bonds is 2. The molecular formula is C18H35NO6S. The molecule has 2 aliphatic rings. The Labute approximate surface area is 158 Å². The molecule has 1 spiro atoms. The summed E-state index contributed by atoms with van der Waals surface area (Å²) in [6.45, 7) is 3.39. The van der Waals surface area contributed by atoms with Gasteiger partial charge in [0, 0.05) is 25.9 Å². The Morgan fingerprint density at radius 3 is 1.62 bits per heavy atom. The molecule has 2 rings (SSSR count). The van der Waals surface area contributed by atoms with Crippen LogP contribution in [-0.2, 0) is 29.6 Å². The molecule has 2 saturated heterocycles. The summed E-state index contributed by atoms with van der Waals surface area (Å²) in [5.41, 5.74) is 0. The van der Waals surface area contributed by atoms with Gasteiger partial charge in [0.2, 0.25) is 15.8 Å². The van der Waals surface area contributed by atoms with Gasteiger partial charge in [0.1, 0.15) is 0 Å². The molecule has 0 radical (unpaired) electrons. The highest BCUT2D eigenvalue weighted by atomic mass is 32.2. The molecule has 2 aliphatic heterocycles. The van der Waals surface area contributed by atoms with Gasteiger partial charge in [-0.15, -0.1) is 0 Å². The highest BCUT2D eigenvalue weighted by Crippen LogP contribution is 2.30. The minimum Gasteiger partial charge on any atom is -0.234 e. The molecule has 7 nitrogen and oxygen atoms in total. The van der Waals surface area contributed by atoms with Crippen LogP contribution in [0.25, 0.3) is 0 Å². The van der Waals surface area contributed by atoms with Crippen molar-refractivity contribution in [1.29, 1.82) is 0 Å². The van der Waals surface area contributed by atoms with E-state index in [2.05, 4.69) is 0 Å². The fourth-order valence-electron chi connectivity index (χ4n) is 3.33. The second-order valence-electron chi connectivity index (χ2n) is 7.20. The minimum atomic E-state index is -3.19. The van der Waals surface area contributed by atoms with Crippen LogP contribution in [0.5, 0.6) is 0 Å². The van der Waals surface area contributed by atoms with Crippen LogP contribution < -0.4 is 0 Å². The zero-order valence-electron chi connectivity index (χ0n) is 16.1. The Balaban J connectivity index is 1.87. The molecule has 2 fully saturated rings. The third kappa shape index (κ3) is 7.40. The van der Waals surface area contributed by atoms with E-state index < -0.39 is 15.8 Å². The molecule has 2 heterocycles. The maximum atomic E-state index is 12.0. The molecule has 0 saturated carbocycles. The standard InChI is InChI=1S/C18H35NO6S/c1-2-26(20,21)19-14-12-18(13-15-19)24-22-16-10-8-6-4-3-5-7-9-11-17-23-25-18/h2-17H2,1H3. The molecule has 0 aromatic rings. The Morgan fingerprint density at radius 2 is 1.19 bits per heavy atom. The molecule has 0 aromatic heterocycles. The largest absolute Gasteiger partial charge is 0.236 e. The van der Waals surface area contributed by atoms with Crippen molar-refractivity contribution in [1.82, 2.24) is 4.31 Å². The summed E-state index contributed by atoms with van der Waals surface area (Å²) in [6, 6.07) is 0. The van der Waals surface area contributed by atoms with Crippen LogP contribution in [0.1, 0.15) is 77.6 Å². The fraction of sp³-hybridized carbons (Fsp3) is 1.00. The summed E-state index contributed by atoms with van der Waals surface area (Å²) >= 11 is 0. The lowest BCUT2D eigenvalue weighted by atomic mass is 10.1. The van der Waals surface area contributed by atoms with Gasteiger partial charge in [-0.05, 0) is 19.8 Å². The van der Waals surface area contributed by atoms with Gasteiger partial charge in [-0.3, -0.25) is 0 Å². The van der Waals surface area contributed by atoms with E-state index in [1.165, 1.54) is 36.4 Å². The minimum absolute atomic E-state index is 0.106. The van der Waals surface area contributed by atoms with Crippen LogP contribution in [0.2, 0.25) is 0 Å². The zero-order valence-corrected chi connectivity index (χ0v) is 16.9. The molecular weight excluding hydrogens is 358 g/mol. The first-order valence-corrected chi connectivity index (χ1v) is 11.8. The maximum Gasteiger partial charge on any atom is 0.236 e. The molecule has 26 heavy (non-hydrogen) atoms. The quantitative estimate of drug-likeness (QED) is 0.668. The Morgan fingerprint density at radius 1 is 0.769 bits per heavy atom. The summed E-state index contributed by atoms with van der Waals surface area (Å²) in [4.78, 5) is 22.0. The first kappa shape index (κ1) is 22.0. The summed E-state index contributed by atoms with van der Waals surface area (Å²) in [7, 11) is -3.19. The second-order valence-corrected chi connectivity index (χ2v) is 9.46. The highest BCUT2D eigenvalue weighted by Gasteiger charge is 2.42. The van der Waals surface area contributed by atoms with E-state index in [-0.39, 0.29) is 5.75 Å². The van der Waals surface area contributed by atoms with Crippen molar-refractivity contribution < 1.29 is 28.0 Å². The summed E-state index contributed by atoms with van der Waals surface area (Å²) in [6.07, 6.45) is 11.3. The van der Waals surface area contributed by atoms with E-state index in [0.29, 0.717) is 39.1 Å². The van der Waals surface area contributed by atoms with Gasteiger partial charge in [0.25, 0.3) is 0 Å². The van der Waals surface area contributed by atoms with Gasteiger partial charge in [-0.2, -0.15) is 9.78 Å². The third-order valence-corrected chi connectivity index (χ3v) is 7.00. The van der Waals surface area contributed by atoms with Gasteiger partial charge < -0.3 is 0 Å². The molecule has 8 heteroatoms.